The van der Waals surface area contributed by atoms with Gasteiger partial charge in [-0.15, -0.1) is 0 Å². The van der Waals surface area contributed by atoms with Gasteiger partial charge >= 0.3 is 0 Å². The van der Waals surface area contributed by atoms with Crippen LogP contribution < -0.4 is 4.74 Å². The summed E-state index contributed by atoms with van der Waals surface area (Å²) in [6, 6.07) is 10.9. The van der Waals surface area contributed by atoms with Crippen LogP contribution in [0.25, 0.3) is 0 Å². The fraction of sp³-hybridized carbons (Fsp3) is 0.533. The van der Waals surface area contributed by atoms with Crippen LogP contribution in [0.15, 0.2) is 24.3 Å². The Morgan fingerprint density at radius 3 is 2.39 bits per heavy atom. The van der Waals surface area contributed by atoms with E-state index < -0.39 is 0 Å². The molecule has 0 bridgehead atoms. The predicted molar refractivity (Wildman–Crippen MR) is 73.6 cm³/mol. The minimum atomic E-state index is 0.483. The van der Waals surface area contributed by atoms with Crippen LogP contribution in [0.5, 0.6) is 5.75 Å². The highest BCUT2D eigenvalue weighted by molar-refractivity contribution is 5.27. The molecule has 0 aromatic heterocycles. The lowest BCUT2D eigenvalue weighted by Crippen LogP contribution is -2.33. The number of rotatable bonds is 7. The maximum Gasteiger partial charge on any atom is 0.118 e. The fourth-order valence-electron chi connectivity index (χ4n) is 1.89. The standard InChI is InChI=1S/C15H22N2O/c1-13(2)17(11-4-10-16)12-9-14-5-7-15(18-3)8-6-14/h5-8,13H,4,9,11-12H2,1-3H3. The molecule has 0 amide bonds. The summed E-state index contributed by atoms with van der Waals surface area (Å²) in [6.07, 6.45) is 1.61. The second-order valence-corrected chi connectivity index (χ2v) is 4.64. The van der Waals surface area contributed by atoms with Crippen molar-refractivity contribution in [1.29, 1.82) is 5.26 Å². The summed E-state index contributed by atoms with van der Waals surface area (Å²) >= 11 is 0. The van der Waals surface area contributed by atoms with Crippen molar-refractivity contribution < 1.29 is 4.74 Å². The maximum absolute atomic E-state index is 8.65. The van der Waals surface area contributed by atoms with Gasteiger partial charge in [0.2, 0.25) is 0 Å². The largest absolute Gasteiger partial charge is 0.497 e. The Kier molecular flexibility index (Phi) is 6.24. The molecule has 0 fully saturated rings. The van der Waals surface area contributed by atoms with Crippen molar-refractivity contribution in [3.8, 4) is 11.8 Å². The molecule has 0 aliphatic carbocycles. The lowest BCUT2D eigenvalue weighted by molar-refractivity contribution is 0.229. The van der Waals surface area contributed by atoms with Gasteiger partial charge in [0.1, 0.15) is 5.75 Å². The van der Waals surface area contributed by atoms with Crippen molar-refractivity contribution in [2.45, 2.75) is 32.7 Å². The van der Waals surface area contributed by atoms with Crippen molar-refractivity contribution in [3.63, 3.8) is 0 Å². The van der Waals surface area contributed by atoms with Crippen molar-refractivity contribution in [2.24, 2.45) is 0 Å². The number of nitriles is 1. The van der Waals surface area contributed by atoms with Crippen LogP contribution >= 0.6 is 0 Å². The van der Waals surface area contributed by atoms with Gasteiger partial charge in [-0.25, -0.2) is 0 Å². The van der Waals surface area contributed by atoms with Crippen LogP contribution in [-0.2, 0) is 6.42 Å². The first-order chi connectivity index (χ1) is 8.67. The Bertz CT molecular complexity index is 378. The normalized spacial score (nSPS) is 10.7. The molecular weight excluding hydrogens is 224 g/mol. The highest BCUT2D eigenvalue weighted by Crippen LogP contribution is 2.12. The number of hydrogen-bond acceptors (Lipinski definition) is 3. The van der Waals surface area contributed by atoms with E-state index >= 15 is 0 Å². The third-order valence-electron chi connectivity index (χ3n) is 3.09. The molecule has 0 unspecified atom stereocenters. The minimum Gasteiger partial charge on any atom is -0.497 e. The molecule has 18 heavy (non-hydrogen) atoms. The van der Waals surface area contributed by atoms with Gasteiger partial charge in [0, 0.05) is 25.6 Å². The molecule has 0 saturated carbocycles. The van der Waals surface area contributed by atoms with Crippen LogP contribution in [0.4, 0.5) is 0 Å². The molecule has 3 nitrogen and oxygen atoms in total. The maximum atomic E-state index is 8.65. The van der Waals surface area contributed by atoms with E-state index in [1.165, 1.54) is 5.56 Å². The molecule has 0 atom stereocenters. The Labute approximate surface area is 110 Å². The van der Waals surface area contributed by atoms with Gasteiger partial charge in [-0.05, 0) is 38.0 Å². The molecule has 0 radical (unpaired) electrons. The number of nitrogens with zero attached hydrogens (tertiary/aromatic N) is 2. The molecule has 0 aliphatic rings. The van der Waals surface area contributed by atoms with E-state index in [2.05, 4.69) is 36.9 Å². The quantitative estimate of drug-likeness (QED) is 0.742. The van der Waals surface area contributed by atoms with Crippen molar-refractivity contribution in [2.75, 3.05) is 20.2 Å². The Balaban J connectivity index is 2.47. The van der Waals surface area contributed by atoms with Gasteiger partial charge in [-0.1, -0.05) is 12.1 Å². The summed E-state index contributed by atoms with van der Waals surface area (Å²) in [7, 11) is 1.68. The van der Waals surface area contributed by atoms with E-state index in [9.17, 15) is 0 Å². The van der Waals surface area contributed by atoms with Crippen molar-refractivity contribution in [3.05, 3.63) is 29.8 Å². The van der Waals surface area contributed by atoms with Crippen LogP contribution in [-0.4, -0.2) is 31.1 Å². The van der Waals surface area contributed by atoms with Gasteiger partial charge < -0.3 is 4.74 Å². The highest BCUT2D eigenvalue weighted by atomic mass is 16.5. The molecule has 1 aromatic carbocycles. The third kappa shape index (κ3) is 4.77. The van der Waals surface area contributed by atoms with Crippen LogP contribution in [0.2, 0.25) is 0 Å². The Morgan fingerprint density at radius 1 is 1.22 bits per heavy atom. The second-order valence-electron chi connectivity index (χ2n) is 4.64. The molecule has 1 rings (SSSR count). The van der Waals surface area contributed by atoms with Crippen molar-refractivity contribution >= 4 is 0 Å². The van der Waals surface area contributed by atoms with Crippen LogP contribution in [0.3, 0.4) is 0 Å². The zero-order valence-electron chi connectivity index (χ0n) is 11.5. The SMILES string of the molecule is COc1ccc(CCN(CCC#N)C(C)C)cc1. The number of methoxy groups -OCH3 is 1. The molecule has 0 heterocycles. The zero-order chi connectivity index (χ0) is 13.4. The molecule has 3 heteroatoms. The lowest BCUT2D eigenvalue weighted by Gasteiger charge is -2.25. The zero-order valence-corrected chi connectivity index (χ0v) is 11.5. The first-order valence-electron chi connectivity index (χ1n) is 6.41. The summed E-state index contributed by atoms with van der Waals surface area (Å²) in [6.45, 7) is 6.19. The van der Waals surface area contributed by atoms with Crippen LogP contribution in [0.1, 0.15) is 25.8 Å². The molecule has 98 valence electrons. The van der Waals surface area contributed by atoms with E-state index in [1.54, 1.807) is 7.11 Å². The summed E-state index contributed by atoms with van der Waals surface area (Å²) in [4.78, 5) is 2.34. The van der Waals surface area contributed by atoms with E-state index in [0.717, 1.165) is 25.3 Å². The number of benzene rings is 1. The highest BCUT2D eigenvalue weighted by Gasteiger charge is 2.08. The second kappa shape index (κ2) is 7.73. The summed E-state index contributed by atoms with van der Waals surface area (Å²) in [5, 5.41) is 8.65. The summed E-state index contributed by atoms with van der Waals surface area (Å²) in [5.41, 5.74) is 1.30. The van der Waals surface area contributed by atoms with Gasteiger partial charge in [0.05, 0.1) is 13.2 Å². The average Bonchev–Trinajstić information content (AvgIpc) is 2.39. The van der Waals surface area contributed by atoms with Gasteiger partial charge in [0.15, 0.2) is 0 Å². The molecule has 0 spiro atoms. The van der Waals surface area contributed by atoms with E-state index in [1.807, 2.05) is 12.1 Å². The minimum absolute atomic E-state index is 0.483. The fourth-order valence-corrected chi connectivity index (χ4v) is 1.89. The Hall–Kier alpha value is -1.53. The van der Waals surface area contributed by atoms with Crippen molar-refractivity contribution in [1.82, 2.24) is 4.90 Å². The first kappa shape index (κ1) is 14.5. The molecule has 0 saturated heterocycles. The monoisotopic (exact) mass is 246 g/mol. The number of ether oxygens (including phenoxy) is 1. The molecule has 0 aliphatic heterocycles. The molecule has 1 aromatic rings. The Morgan fingerprint density at radius 2 is 1.89 bits per heavy atom. The summed E-state index contributed by atoms with van der Waals surface area (Å²) in [5.74, 6) is 0.893. The molecular formula is C15H22N2O. The number of hydrogen-bond donors (Lipinski definition) is 0. The van der Waals surface area contributed by atoms with Gasteiger partial charge in [-0.3, -0.25) is 4.90 Å². The van der Waals surface area contributed by atoms with Gasteiger partial charge in [-0.2, -0.15) is 5.26 Å². The third-order valence-corrected chi connectivity index (χ3v) is 3.09. The predicted octanol–water partition coefficient (Wildman–Crippen LogP) is 2.86. The van der Waals surface area contributed by atoms with E-state index in [4.69, 9.17) is 10.00 Å². The average molecular weight is 246 g/mol. The first-order valence-corrected chi connectivity index (χ1v) is 6.41. The smallest absolute Gasteiger partial charge is 0.118 e. The van der Waals surface area contributed by atoms with Crippen LogP contribution in [0, 0.1) is 11.3 Å². The summed E-state index contributed by atoms with van der Waals surface area (Å²) < 4.78 is 5.14. The van der Waals surface area contributed by atoms with E-state index in [0.29, 0.717) is 12.5 Å². The molecule has 0 N–H and O–H groups in total. The van der Waals surface area contributed by atoms with Gasteiger partial charge in [0.25, 0.3) is 0 Å². The lowest BCUT2D eigenvalue weighted by atomic mass is 10.1. The topological polar surface area (TPSA) is 36.3 Å². The van der Waals surface area contributed by atoms with E-state index in [-0.39, 0.29) is 0 Å².